The first-order valence-electron chi connectivity index (χ1n) is 7.62. The highest BCUT2D eigenvalue weighted by molar-refractivity contribution is 6.31. The molecule has 1 N–H and O–H groups in total. The van der Waals surface area contributed by atoms with Gasteiger partial charge in [-0.3, -0.25) is 9.69 Å². The van der Waals surface area contributed by atoms with Crippen molar-refractivity contribution < 1.29 is 9.90 Å². The SMILES string of the molecule is CC(=O)c1cc(Cl)cc(CN(C)C2CCCCC2C)c1O. The molecule has 21 heavy (non-hydrogen) atoms. The van der Waals surface area contributed by atoms with Crippen molar-refractivity contribution in [1.29, 1.82) is 0 Å². The Balaban J connectivity index is 2.20. The maximum Gasteiger partial charge on any atom is 0.163 e. The maximum atomic E-state index is 11.6. The van der Waals surface area contributed by atoms with Gasteiger partial charge in [0.25, 0.3) is 0 Å². The molecular formula is C17H24ClNO2. The number of halogens is 1. The van der Waals surface area contributed by atoms with Crippen LogP contribution in [-0.2, 0) is 6.54 Å². The average molecular weight is 310 g/mol. The summed E-state index contributed by atoms with van der Waals surface area (Å²) in [5.41, 5.74) is 1.04. The molecule has 1 aromatic carbocycles. The minimum atomic E-state index is -0.162. The average Bonchev–Trinajstić information content (AvgIpc) is 2.42. The van der Waals surface area contributed by atoms with E-state index in [0.717, 1.165) is 5.56 Å². The number of phenolic OH excluding ortho intramolecular Hbond substituents is 1. The van der Waals surface area contributed by atoms with Crippen LogP contribution >= 0.6 is 11.6 Å². The van der Waals surface area contributed by atoms with Gasteiger partial charge in [-0.2, -0.15) is 0 Å². The third-order valence-corrected chi connectivity index (χ3v) is 4.80. The minimum Gasteiger partial charge on any atom is -0.507 e. The number of ketones is 1. The van der Waals surface area contributed by atoms with Crippen LogP contribution in [0.15, 0.2) is 12.1 Å². The van der Waals surface area contributed by atoms with Gasteiger partial charge in [0, 0.05) is 23.2 Å². The predicted molar refractivity (Wildman–Crippen MR) is 86.0 cm³/mol. The van der Waals surface area contributed by atoms with Gasteiger partial charge in [-0.25, -0.2) is 0 Å². The van der Waals surface area contributed by atoms with Crippen molar-refractivity contribution >= 4 is 17.4 Å². The highest BCUT2D eigenvalue weighted by Gasteiger charge is 2.26. The second-order valence-corrected chi connectivity index (χ2v) is 6.70. The lowest BCUT2D eigenvalue weighted by Gasteiger charge is -2.36. The molecule has 1 aliphatic carbocycles. The molecule has 3 nitrogen and oxygen atoms in total. The number of phenols is 1. The molecule has 0 amide bonds. The standard InChI is InChI=1S/C17H24ClNO2/c1-11-6-4-5-7-16(11)19(3)10-13-8-14(18)9-15(12(2)20)17(13)21/h8-9,11,16,21H,4-7,10H2,1-3H3. The summed E-state index contributed by atoms with van der Waals surface area (Å²) in [7, 11) is 2.08. The van der Waals surface area contributed by atoms with Crippen LogP contribution in [0.4, 0.5) is 0 Å². The highest BCUT2D eigenvalue weighted by Crippen LogP contribution is 2.32. The molecule has 0 radical (unpaired) electrons. The van der Waals surface area contributed by atoms with E-state index in [1.54, 1.807) is 6.07 Å². The molecule has 0 saturated heterocycles. The molecule has 4 heteroatoms. The van der Waals surface area contributed by atoms with Gasteiger partial charge in [0.15, 0.2) is 5.78 Å². The molecule has 1 aromatic rings. The molecule has 2 unspecified atom stereocenters. The number of carbonyl (C=O) groups is 1. The molecule has 116 valence electrons. The van der Waals surface area contributed by atoms with Gasteiger partial charge in [0.1, 0.15) is 5.75 Å². The zero-order chi connectivity index (χ0) is 15.6. The Morgan fingerprint density at radius 3 is 2.67 bits per heavy atom. The molecule has 1 saturated carbocycles. The van der Waals surface area contributed by atoms with E-state index < -0.39 is 0 Å². The van der Waals surface area contributed by atoms with E-state index in [0.29, 0.717) is 29.1 Å². The molecule has 0 bridgehead atoms. The van der Waals surface area contributed by atoms with E-state index in [-0.39, 0.29) is 11.5 Å². The smallest absolute Gasteiger partial charge is 0.163 e. The zero-order valence-electron chi connectivity index (χ0n) is 13.0. The Hall–Kier alpha value is -1.06. The Labute approximate surface area is 131 Å². The Kier molecular flexibility index (Phi) is 5.28. The lowest BCUT2D eigenvalue weighted by Crippen LogP contribution is -2.38. The molecule has 0 aliphatic heterocycles. The summed E-state index contributed by atoms with van der Waals surface area (Å²) in [6.45, 7) is 4.35. The van der Waals surface area contributed by atoms with E-state index in [1.807, 2.05) is 0 Å². The first-order valence-corrected chi connectivity index (χ1v) is 8.00. The van der Waals surface area contributed by atoms with Gasteiger partial charge in [-0.05, 0) is 44.9 Å². The third kappa shape index (κ3) is 3.78. The largest absolute Gasteiger partial charge is 0.507 e. The summed E-state index contributed by atoms with van der Waals surface area (Å²) < 4.78 is 0. The summed E-state index contributed by atoms with van der Waals surface area (Å²) in [6.07, 6.45) is 5.02. The van der Waals surface area contributed by atoms with Crippen LogP contribution in [0.3, 0.4) is 0 Å². The predicted octanol–water partition coefficient (Wildman–Crippen LogP) is 4.26. The van der Waals surface area contributed by atoms with Gasteiger partial charge in [0.2, 0.25) is 0 Å². The van der Waals surface area contributed by atoms with Gasteiger partial charge < -0.3 is 5.11 Å². The molecule has 0 aromatic heterocycles. The van der Waals surface area contributed by atoms with Gasteiger partial charge in [0.05, 0.1) is 5.56 Å². The van der Waals surface area contributed by atoms with Crippen LogP contribution in [0.25, 0.3) is 0 Å². The zero-order valence-corrected chi connectivity index (χ0v) is 13.8. The van der Waals surface area contributed by atoms with Crippen LogP contribution in [0.1, 0.15) is 55.5 Å². The van der Waals surface area contributed by atoms with Crippen molar-refractivity contribution in [3.63, 3.8) is 0 Å². The molecular weight excluding hydrogens is 286 g/mol. The van der Waals surface area contributed by atoms with Gasteiger partial charge in [-0.1, -0.05) is 31.4 Å². The number of benzene rings is 1. The Morgan fingerprint density at radius 2 is 2.05 bits per heavy atom. The van der Waals surface area contributed by atoms with Crippen molar-refractivity contribution in [3.05, 3.63) is 28.3 Å². The van der Waals surface area contributed by atoms with Crippen LogP contribution in [-0.4, -0.2) is 28.9 Å². The lowest BCUT2D eigenvalue weighted by atomic mass is 9.85. The van der Waals surface area contributed by atoms with Crippen molar-refractivity contribution in [2.45, 2.75) is 52.1 Å². The fourth-order valence-corrected chi connectivity index (χ4v) is 3.62. The monoisotopic (exact) mass is 309 g/mol. The second kappa shape index (κ2) is 6.80. The number of hydrogen-bond acceptors (Lipinski definition) is 3. The van der Waals surface area contributed by atoms with E-state index >= 15 is 0 Å². The number of nitrogens with zero attached hydrogens (tertiary/aromatic N) is 1. The highest BCUT2D eigenvalue weighted by atomic mass is 35.5. The van der Waals surface area contributed by atoms with Gasteiger partial charge in [-0.15, -0.1) is 0 Å². The summed E-state index contributed by atoms with van der Waals surface area (Å²) in [5.74, 6) is 0.574. The van der Waals surface area contributed by atoms with Crippen molar-refractivity contribution in [2.24, 2.45) is 5.92 Å². The number of hydrogen-bond donors (Lipinski definition) is 1. The minimum absolute atomic E-state index is 0.0715. The van der Waals surface area contributed by atoms with Crippen molar-refractivity contribution in [2.75, 3.05) is 7.05 Å². The summed E-state index contributed by atoms with van der Waals surface area (Å²) >= 11 is 6.08. The van der Waals surface area contributed by atoms with E-state index in [2.05, 4.69) is 18.9 Å². The Morgan fingerprint density at radius 1 is 1.38 bits per heavy atom. The molecule has 2 rings (SSSR count). The number of aromatic hydroxyl groups is 1. The summed E-state index contributed by atoms with van der Waals surface area (Å²) in [4.78, 5) is 13.9. The lowest BCUT2D eigenvalue weighted by molar-refractivity contribution is 0.101. The van der Waals surface area contributed by atoms with Gasteiger partial charge >= 0.3 is 0 Å². The molecule has 1 aliphatic rings. The molecule has 2 atom stereocenters. The first kappa shape index (κ1) is 16.3. The number of Topliss-reactive ketones (excluding diaryl/α,β-unsaturated/α-hetero) is 1. The molecule has 1 fully saturated rings. The second-order valence-electron chi connectivity index (χ2n) is 6.26. The van der Waals surface area contributed by atoms with E-state index in [4.69, 9.17) is 11.6 Å². The Bertz CT molecular complexity index is 530. The van der Waals surface area contributed by atoms with Crippen LogP contribution in [0.2, 0.25) is 5.02 Å². The van der Waals surface area contributed by atoms with Crippen LogP contribution < -0.4 is 0 Å². The third-order valence-electron chi connectivity index (χ3n) is 4.59. The quantitative estimate of drug-likeness (QED) is 0.845. The maximum absolute atomic E-state index is 11.6. The van der Waals surface area contributed by atoms with Crippen molar-refractivity contribution in [3.8, 4) is 5.75 Å². The first-order chi connectivity index (χ1) is 9.90. The normalized spacial score (nSPS) is 22.5. The number of rotatable bonds is 4. The molecule has 0 heterocycles. The van der Waals surface area contributed by atoms with Crippen LogP contribution in [0, 0.1) is 5.92 Å². The van der Waals surface area contributed by atoms with Crippen LogP contribution in [0.5, 0.6) is 5.75 Å². The van der Waals surface area contributed by atoms with E-state index in [9.17, 15) is 9.90 Å². The fraction of sp³-hybridized carbons (Fsp3) is 0.588. The summed E-state index contributed by atoms with van der Waals surface area (Å²) in [6, 6.07) is 3.82. The molecule has 0 spiro atoms. The van der Waals surface area contributed by atoms with E-state index in [1.165, 1.54) is 38.7 Å². The number of carbonyl (C=O) groups excluding carboxylic acids is 1. The topological polar surface area (TPSA) is 40.5 Å². The van der Waals surface area contributed by atoms with Crippen molar-refractivity contribution in [1.82, 2.24) is 4.90 Å². The summed E-state index contributed by atoms with van der Waals surface area (Å²) in [5, 5.41) is 10.8. The fourth-order valence-electron chi connectivity index (χ4n) is 3.38.